The van der Waals surface area contributed by atoms with E-state index in [1.807, 2.05) is 36.4 Å². The molecule has 0 fully saturated rings. The molecule has 1 aromatic heterocycles. The maximum atomic E-state index is 6.01. The lowest BCUT2D eigenvalue weighted by molar-refractivity contribution is 0.414. The van der Waals surface area contributed by atoms with Gasteiger partial charge in [0.2, 0.25) is 0 Å². The Bertz CT molecular complexity index is 705. The van der Waals surface area contributed by atoms with Crippen LogP contribution in [0.5, 0.6) is 5.75 Å². The van der Waals surface area contributed by atoms with Crippen LogP contribution in [0.15, 0.2) is 71.7 Å². The van der Waals surface area contributed by atoms with Crippen LogP contribution in [0.4, 0.5) is 0 Å². The monoisotopic (exact) mass is 278 g/mol. The molecule has 106 valence electrons. The van der Waals surface area contributed by atoms with Gasteiger partial charge in [0.15, 0.2) is 0 Å². The van der Waals surface area contributed by atoms with E-state index in [0.29, 0.717) is 0 Å². The van der Waals surface area contributed by atoms with Crippen molar-refractivity contribution in [3.63, 3.8) is 0 Å². The van der Waals surface area contributed by atoms with E-state index in [0.717, 1.165) is 28.9 Å². The molecule has 0 radical (unpaired) electrons. The highest BCUT2D eigenvalue weighted by atomic mass is 16.5. The fourth-order valence-corrected chi connectivity index (χ4v) is 2.59. The Labute approximate surface area is 124 Å². The molecule has 2 nitrogen and oxygen atoms in total. The van der Waals surface area contributed by atoms with Crippen molar-refractivity contribution in [3.05, 3.63) is 78.6 Å². The van der Waals surface area contributed by atoms with Gasteiger partial charge >= 0.3 is 0 Å². The fraction of sp³-hybridized carbons (Fsp3) is 0.158. The molecule has 1 heterocycles. The zero-order valence-corrected chi connectivity index (χ0v) is 12.1. The van der Waals surface area contributed by atoms with Crippen molar-refractivity contribution in [3.8, 4) is 5.75 Å². The smallest absolute Gasteiger partial charge is 0.134 e. The Morgan fingerprint density at radius 3 is 2.57 bits per heavy atom. The molecule has 0 bridgehead atoms. The van der Waals surface area contributed by atoms with Gasteiger partial charge in [0.25, 0.3) is 0 Å². The summed E-state index contributed by atoms with van der Waals surface area (Å²) >= 11 is 0. The number of benzene rings is 2. The molecule has 3 rings (SSSR count). The first-order valence-electron chi connectivity index (χ1n) is 7.05. The number of methoxy groups -OCH3 is 1. The molecule has 0 saturated heterocycles. The van der Waals surface area contributed by atoms with Crippen molar-refractivity contribution >= 4 is 11.0 Å². The van der Waals surface area contributed by atoms with E-state index in [4.69, 9.17) is 9.15 Å². The van der Waals surface area contributed by atoms with Crippen molar-refractivity contribution in [2.24, 2.45) is 0 Å². The lowest BCUT2D eigenvalue weighted by atomic mass is 9.93. The lowest BCUT2D eigenvalue weighted by Crippen LogP contribution is -1.98. The number of ether oxygens (including phenoxy) is 1. The number of furan rings is 1. The second-order valence-corrected chi connectivity index (χ2v) is 5.04. The van der Waals surface area contributed by atoms with Gasteiger partial charge in [-0.15, -0.1) is 6.58 Å². The van der Waals surface area contributed by atoms with Gasteiger partial charge in [-0.3, -0.25) is 0 Å². The van der Waals surface area contributed by atoms with Crippen molar-refractivity contribution in [2.75, 3.05) is 7.11 Å². The van der Waals surface area contributed by atoms with E-state index >= 15 is 0 Å². The summed E-state index contributed by atoms with van der Waals surface area (Å²) in [6.07, 6.45) is 2.77. The van der Waals surface area contributed by atoms with E-state index in [1.165, 1.54) is 5.56 Å². The van der Waals surface area contributed by atoms with Gasteiger partial charge in [-0.2, -0.15) is 0 Å². The molecule has 0 aliphatic rings. The van der Waals surface area contributed by atoms with E-state index in [-0.39, 0.29) is 5.92 Å². The quantitative estimate of drug-likeness (QED) is 0.602. The molecule has 2 heteroatoms. The SMILES string of the molecule is C=CCC(c1ccc(OC)cc1)c1cc2ccccc2o1. The Hall–Kier alpha value is -2.48. The van der Waals surface area contributed by atoms with Crippen LogP contribution in [0, 0.1) is 0 Å². The molecule has 0 spiro atoms. The van der Waals surface area contributed by atoms with Gasteiger partial charge in [-0.05, 0) is 36.2 Å². The molecule has 0 aliphatic heterocycles. The zero-order chi connectivity index (χ0) is 14.7. The minimum absolute atomic E-state index is 0.181. The Balaban J connectivity index is 2.01. The number of allylic oxidation sites excluding steroid dienone is 1. The summed E-state index contributed by atoms with van der Waals surface area (Å²) in [6, 6.07) is 18.3. The van der Waals surface area contributed by atoms with Crippen molar-refractivity contribution in [1.82, 2.24) is 0 Å². The Kier molecular flexibility index (Phi) is 3.78. The van der Waals surface area contributed by atoms with Crippen LogP contribution in [0.25, 0.3) is 11.0 Å². The minimum Gasteiger partial charge on any atom is -0.497 e. The van der Waals surface area contributed by atoms with Crippen LogP contribution < -0.4 is 4.74 Å². The van der Waals surface area contributed by atoms with Crippen molar-refractivity contribution in [2.45, 2.75) is 12.3 Å². The molecular weight excluding hydrogens is 260 g/mol. The van der Waals surface area contributed by atoms with Crippen LogP contribution in [-0.2, 0) is 0 Å². The van der Waals surface area contributed by atoms with Crippen LogP contribution in [0.3, 0.4) is 0 Å². The van der Waals surface area contributed by atoms with Crippen LogP contribution in [0.1, 0.15) is 23.7 Å². The summed E-state index contributed by atoms with van der Waals surface area (Å²) in [5.74, 6) is 2.02. The predicted molar refractivity (Wildman–Crippen MR) is 85.9 cm³/mol. The molecule has 3 aromatic rings. The van der Waals surface area contributed by atoms with Crippen molar-refractivity contribution < 1.29 is 9.15 Å². The van der Waals surface area contributed by atoms with Crippen LogP contribution in [0.2, 0.25) is 0 Å². The van der Waals surface area contributed by atoms with Crippen molar-refractivity contribution in [1.29, 1.82) is 0 Å². The van der Waals surface area contributed by atoms with Crippen LogP contribution >= 0.6 is 0 Å². The molecule has 0 saturated carbocycles. The standard InChI is InChI=1S/C19H18O2/c1-3-6-17(14-9-11-16(20-2)12-10-14)19-13-15-7-4-5-8-18(15)21-19/h3-5,7-13,17H,1,6H2,2H3. The highest BCUT2D eigenvalue weighted by Crippen LogP contribution is 2.33. The summed E-state index contributed by atoms with van der Waals surface area (Å²) < 4.78 is 11.2. The summed E-state index contributed by atoms with van der Waals surface area (Å²) in [7, 11) is 1.68. The first kappa shape index (κ1) is 13.5. The average Bonchev–Trinajstić information content (AvgIpc) is 2.96. The van der Waals surface area contributed by atoms with Gasteiger partial charge in [0, 0.05) is 11.3 Å². The summed E-state index contributed by atoms with van der Waals surface area (Å²) in [5, 5.41) is 1.13. The van der Waals surface area contributed by atoms with Gasteiger partial charge in [-0.25, -0.2) is 0 Å². The van der Waals surface area contributed by atoms with E-state index < -0.39 is 0 Å². The molecule has 1 atom stereocenters. The molecular formula is C19H18O2. The molecule has 1 unspecified atom stereocenters. The predicted octanol–water partition coefficient (Wildman–Crippen LogP) is 5.15. The van der Waals surface area contributed by atoms with Gasteiger partial charge in [0.05, 0.1) is 7.11 Å². The first-order valence-corrected chi connectivity index (χ1v) is 7.05. The Morgan fingerprint density at radius 1 is 1.14 bits per heavy atom. The maximum absolute atomic E-state index is 6.01. The zero-order valence-electron chi connectivity index (χ0n) is 12.1. The van der Waals surface area contributed by atoms with Gasteiger partial charge in [0.1, 0.15) is 17.1 Å². The molecule has 21 heavy (non-hydrogen) atoms. The fourth-order valence-electron chi connectivity index (χ4n) is 2.59. The highest BCUT2D eigenvalue weighted by molar-refractivity contribution is 5.78. The Morgan fingerprint density at radius 2 is 1.90 bits per heavy atom. The van der Waals surface area contributed by atoms with Gasteiger partial charge < -0.3 is 9.15 Å². The highest BCUT2D eigenvalue weighted by Gasteiger charge is 2.17. The third-order valence-electron chi connectivity index (χ3n) is 3.71. The molecule has 0 N–H and O–H groups in total. The number of hydrogen-bond acceptors (Lipinski definition) is 2. The summed E-state index contributed by atoms with van der Waals surface area (Å²) in [4.78, 5) is 0. The number of rotatable bonds is 5. The normalized spacial score (nSPS) is 12.2. The summed E-state index contributed by atoms with van der Waals surface area (Å²) in [5.41, 5.74) is 2.13. The third kappa shape index (κ3) is 2.70. The maximum Gasteiger partial charge on any atom is 0.134 e. The van der Waals surface area contributed by atoms with Gasteiger partial charge in [-0.1, -0.05) is 36.4 Å². The minimum atomic E-state index is 0.181. The molecule has 2 aromatic carbocycles. The van der Waals surface area contributed by atoms with E-state index in [9.17, 15) is 0 Å². The number of hydrogen-bond donors (Lipinski definition) is 0. The molecule has 0 amide bonds. The second-order valence-electron chi connectivity index (χ2n) is 5.04. The van der Waals surface area contributed by atoms with E-state index in [2.05, 4.69) is 30.8 Å². The topological polar surface area (TPSA) is 22.4 Å². The first-order chi connectivity index (χ1) is 10.3. The molecule has 0 aliphatic carbocycles. The number of fused-ring (bicyclic) bond motifs is 1. The second kappa shape index (κ2) is 5.88. The summed E-state index contributed by atoms with van der Waals surface area (Å²) in [6.45, 7) is 3.87. The van der Waals surface area contributed by atoms with Crippen LogP contribution in [-0.4, -0.2) is 7.11 Å². The lowest BCUT2D eigenvalue weighted by Gasteiger charge is -2.13. The third-order valence-corrected chi connectivity index (χ3v) is 3.71. The van der Waals surface area contributed by atoms with E-state index in [1.54, 1.807) is 7.11 Å². The largest absolute Gasteiger partial charge is 0.497 e. The average molecular weight is 278 g/mol. The number of para-hydroxylation sites is 1.